The van der Waals surface area contributed by atoms with E-state index in [0.29, 0.717) is 11.9 Å². The lowest BCUT2D eigenvalue weighted by Gasteiger charge is -2.32. The average Bonchev–Trinajstić information content (AvgIpc) is 3.07. The van der Waals surface area contributed by atoms with Crippen LogP contribution in [0.1, 0.15) is 34.5 Å². The van der Waals surface area contributed by atoms with Gasteiger partial charge in [0.2, 0.25) is 5.95 Å². The molecule has 1 saturated heterocycles. The standard InChI is InChI=1S/C22H27N5O2/c1-15-18(19-4-2-3-5-20(19)26-15)6-9-23-12-16-7-10-27(11-8-16)22-24-13-17(14-25-22)21(28)29/h2-5,13-14,16,23,26H,6-12H2,1H3,(H,28,29). The fraction of sp³-hybridized carbons (Fsp3) is 0.409. The summed E-state index contributed by atoms with van der Waals surface area (Å²) in [6, 6.07) is 8.48. The second-order valence-electron chi connectivity index (χ2n) is 7.74. The normalized spacial score (nSPS) is 15.1. The minimum atomic E-state index is -0.996. The number of aromatic carboxylic acids is 1. The maximum absolute atomic E-state index is 10.9. The Kier molecular flexibility index (Phi) is 5.76. The van der Waals surface area contributed by atoms with Crippen LogP contribution >= 0.6 is 0 Å². The first-order valence-corrected chi connectivity index (χ1v) is 10.2. The first-order valence-electron chi connectivity index (χ1n) is 10.2. The van der Waals surface area contributed by atoms with Gasteiger partial charge in [-0.1, -0.05) is 18.2 Å². The number of rotatable bonds is 7. The van der Waals surface area contributed by atoms with E-state index in [1.165, 1.54) is 34.6 Å². The maximum Gasteiger partial charge on any atom is 0.338 e. The number of aromatic amines is 1. The predicted octanol–water partition coefficient (Wildman–Crippen LogP) is 3.01. The van der Waals surface area contributed by atoms with Gasteiger partial charge in [0.1, 0.15) is 0 Å². The molecule has 0 unspecified atom stereocenters. The zero-order valence-corrected chi connectivity index (χ0v) is 16.7. The van der Waals surface area contributed by atoms with Gasteiger partial charge in [-0.05, 0) is 56.8 Å². The Morgan fingerprint density at radius 2 is 1.97 bits per heavy atom. The summed E-state index contributed by atoms with van der Waals surface area (Å²) in [7, 11) is 0. The van der Waals surface area contributed by atoms with Crippen molar-refractivity contribution in [2.75, 3.05) is 31.1 Å². The number of hydrogen-bond donors (Lipinski definition) is 3. The highest BCUT2D eigenvalue weighted by molar-refractivity contribution is 5.86. The van der Waals surface area contributed by atoms with Crippen molar-refractivity contribution in [1.29, 1.82) is 0 Å². The third-order valence-electron chi connectivity index (χ3n) is 5.79. The molecule has 7 heteroatoms. The molecule has 0 saturated carbocycles. The number of hydrogen-bond acceptors (Lipinski definition) is 5. The summed E-state index contributed by atoms with van der Waals surface area (Å²) < 4.78 is 0. The Morgan fingerprint density at radius 1 is 1.24 bits per heavy atom. The molecule has 0 aliphatic carbocycles. The molecular weight excluding hydrogens is 366 g/mol. The number of benzene rings is 1. The van der Waals surface area contributed by atoms with Crippen molar-refractivity contribution in [1.82, 2.24) is 20.3 Å². The summed E-state index contributed by atoms with van der Waals surface area (Å²) in [5, 5.41) is 13.9. The monoisotopic (exact) mass is 393 g/mol. The van der Waals surface area contributed by atoms with Gasteiger partial charge in [-0.25, -0.2) is 14.8 Å². The molecule has 29 heavy (non-hydrogen) atoms. The number of aryl methyl sites for hydroxylation is 1. The fourth-order valence-electron chi connectivity index (χ4n) is 4.11. The van der Waals surface area contributed by atoms with Crippen LogP contribution in [0.2, 0.25) is 0 Å². The first-order chi connectivity index (χ1) is 14.1. The number of anilines is 1. The maximum atomic E-state index is 10.9. The van der Waals surface area contributed by atoms with Crippen molar-refractivity contribution in [2.24, 2.45) is 5.92 Å². The number of carbonyl (C=O) groups is 1. The first kappa shape index (κ1) is 19.4. The molecule has 152 valence electrons. The van der Waals surface area contributed by atoms with Crippen molar-refractivity contribution in [2.45, 2.75) is 26.2 Å². The van der Waals surface area contributed by atoms with E-state index in [0.717, 1.165) is 45.4 Å². The third kappa shape index (κ3) is 4.40. The van der Waals surface area contributed by atoms with Crippen LogP contribution in [0, 0.1) is 12.8 Å². The van der Waals surface area contributed by atoms with Crippen molar-refractivity contribution in [3.63, 3.8) is 0 Å². The number of nitrogens with zero attached hydrogens (tertiary/aromatic N) is 3. The Balaban J connectivity index is 1.22. The van der Waals surface area contributed by atoms with Crippen LogP contribution in [0.4, 0.5) is 5.95 Å². The quantitative estimate of drug-likeness (QED) is 0.534. The van der Waals surface area contributed by atoms with E-state index in [9.17, 15) is 4.79 Å². The van der Waals surface area contributed by atoms with E-state index in [1.54, 1.807) is 0 Å². The topological polar surface area (TPSA) is 94.1 Å². The highest BCUT2D eigenvalue weighted by atomic mass is 16.4. The van der Waals surface area contributed by atoms with Gasteiger partial charge in [-0.15, -0.1) is 0 Å². The van der Waals surface area contributed by atoms with Gasteiger partial charge in [-0.2, -0.15) is 0 Å². The molecule has 7 nitrogen and oxygen atoms in total. The molecule has 0 spiro atoms. The minimum absolute atomic E-state index is 0.123. The van der Waals surface area contributed by atoms with E-state index in [4.69, 9.17) is 5.11 Å². The summed E-state index contributed by atoms with van der Waals surface area (Å²) in [5.41, 5.74) is 4.00. The molecule has 1 aliphatic heterocycles. The van der Waals surface area contributed by atoms with Gasteiger partial charge in [0.25, 0.3) is 0 Å². The van der Waals surface area contributed by atoms with Crippen molar-refractivity contribution in [3.8, 4) is 0 Å². The number of aromatic nitrogens is 3. The highest BCUT2D eigenvalue weighted by Gasteiger charge is 2.21. The predicted molar refractivity (Wildman–Crippen MR) is 114 cm³/mol. The van der Waals surface area contributed by atoms with Crippen molar-refractivity contribution in [3.05, 3.63) is 53.5 Å². The van der Waals surface area contributed by atoms with Crippen LogP contribution in [0.5, 0.6) is 0 Å². The molecule has 0 bridgehead atoms. The van der Waals surface area contributed by atoms with E-state index in [1.807, 2.05) is 0 Å². The number of nitrogens with one attached hydrogen (secondary N) is 2. The molecule has 0 amide bonds. The summed E-state index contributed by atoms with van der Waals surface area (Å²) >= 11 is 0. The zero-order valence-electron chi connectivity index (χ0n) is 16.7. The second-order valence-corrected chi connectivity index (χ2v) is 7.74. The lowest BCUT2D eigenvalue weighted by molar-refractivity contribution is 0.0696. The summed E-state index contributed by atoms with van der Waals surface area (Å²) in [6.45, 7) is 5.95. The number of para-hydroxylation sites is 1. The van der Waals surface area contributed by atoms with Crippen LogP contribution in [-0.2, 0) is 6.42 Å². The summed E-state index contributed by atoms with van der Waals surface area (Å²) in [4.78, 5) is 24.9. The summed E-state index contributed by atoms with van der Waals surface area (Å²) in [5.74, 6) is 0.272. The Labute approximate surface area is 170 Å². The molecule has 3 N–H and O–H groups in total. The van der Waals surface area contributed by atoms with Gasteiger partial charge in [0, 0.05) is 42.1 Å². The van der Waals surface area contributed by atoms with Crippen LogP contribution < -0.4 is 10.2 Å². The van der Waals surface area contributed by atoms with Gasteiger partial charge in [0.15, 0.2) is 0 Å². The molecule has 1 aliphatic rings. The molecule has 2 aromatic heterocycles. The summed E-state index contributed by atoms with van der Waals surface area (Å²) in [6.07, 6.45) is 5.96. The molecule has 4 rings (SSSR count). The van der Waals surface area contributed by atoms with E-state index >= 15 is 0 Å². The van der Waals surface area contributed by atoms with Gasteiger partial charge in [0.05, 0.1) is 5.56 Å². The van der Waals surface area contributed by atoms with Gasteiger partial charge in [-0.3, -0.25) is 0 Å². The average molecular weight is 393 g/mol. The lowest BCUT2D eigenvalue weighted by atomic mass is 9.97. The largest absolute Gasteiger partial charge is 0.478 e. The third-order valence-corrected chi connectivity index (χ3v) is 5.79. The number of piperidine rings is 1. The van der Waals surface area contributed by atoms with Crippen LogP contribution in [0.25, 0.3) is 10.9 Å². The van der Waals surface area contributed by atoms with Crippen molar-refractivity contribution >= 4 is 22.8 Å². The molecule has 0 radical (unpaired) electrons. The van der Waals surface area contributed by atoms with Gasteiger partial charge >= 0.3 is 5.97 Å². The van der Waals surface area contributed by atoms with Crippen LogP contribution in [-0.4, -0.2) is 52.2 Å². The zero-order chi connectivity index (χ0) is 20.2. The smallest absolute Gasteiger partial charge is 0.338 e. The molecule has 0 atom stereocenters. The van der Waals surface area contributed by atoms with E-state index in [2.05, 4.69) is 56.4 Å². The minimum Gasteiger partial charge on any atom is -0.478 e. The fourth-order valence-corrected chi connectivity index (χ4v) is 4.11. The number of fused-ring (bicyclic) bond motifs is 1. The van der Waals surface area contributed by atoms with Gasteiger partial charge < -0.3 is 20.3 Å². The van der Waals surface area contributed by atoms with E-state index < -0.39 is 5.97 Å². The Hall–Kier alpha value is -2.93. The molecule has 1 fully saturated rings. The highest BCUT2D eigenvalue weighted by Crippen LogP contribution is 2.22. The van der Waals surface area contributed by atoms with Crippen LogP contribution in [0.15, 0.2) is 36.7 Å². The Morgan fingerprint density at radius 3 is 2.69 bits per heavy atom. The SMILES string of the molecule is Cc1[nH]c2ccccc2c1CCNCC1CCN(c2ncc(C(=O)O)cn2)CC1. The lowest BCUT2D eigenvalue weighted by Crippen LogP contribution is -2.38. The van der Waals surface area contributed by atoms with E-state index in [-0.39, 0.29) is 5.56 Å². The number of carboxylic acid groups (broad SMARTS) is 1. The molecule has 1 aromatic carbocycles. The van der Waals surface area contributed by atoms with Crippen molar-refractivity contribution < 1.29 is 9.90 Å². The number of carboxylic acids is 1. The second kappa shape index (κ2) is 8.61. The number of H-pyrrole nitrogens is 1. The molecular formula is C22H27N5O2. The Bertz CT molecular complexity index is 975. The molecule has 3 heterocycles. The van der Waals surface area contributed by atoms with Crippen LogP contribution in [0.3, 0.4) is 0 Å². The molecule has 3 aromatic rings.